The average molecular weight is 159 g/mol. The number of hydrogen-bond donors (Lipinski definition) is 1. The van der Waals surface area contributed by atoms with Crippen molar-refractivity contribution in [2.45, 2.75) is 25.6 Å². The lowest BCUT2D eigenvalue weighted by Gasteiger charge is -2.16. The van der Waals surface area contributed by atoms with Crippen LogP contribution in [0.1, 0.15) is 13.3 Å². The van der Waals surface area contributed by atoms with E-state index in [4.69, 9.17) is 9.47 Å². The Hall–Kier alpha value is -0.120. The maximum Gasteiger partial charge on any atom is 0.0784 e. The molecule has 2 atom stereocenters. The van der Waals surface area contributed by atoms with E-state index in [0.717, 1.165) is 19.5 Å². The van der Waals surface area contributed by atoms with Crippen molar-refractivity contribution in [2.75, 3.05) is 26.8 Å². The van der Waals surface area contributed by atoms with Gasteiger partial charge in [-0.1, -0.05) is 0 Å². The summed E-state index contributed by atoms with van der Waals surface area (Å²) in [4.78, 5) is 0. The lowest BCUT2D eigenvalue weighted by molar-refractivity contribution is -0.0299. The predicted molar refractivity (Wildman–Crippen MR) is 43.7 cm³/mol. The second-order valence-corrected chi connectivity index (χ2v) is 3.02. The molecule has 0 aromatic heterocycles. The van der Waals surface area contributed by atoms with E-state index >= 15 is 0 Å². The highest BCUT2D eigenvalue weighted by Crippen LogP contribution is 2.06. The van der Waals surface area contributed by atoms with E-state index < -0.39 is 0 Å². The molecule has 0 bridgehead atoms. The van der Waals surface area contributed by atoms with Crippen molar-refractivity contribution >= 4 is 0 Å². The summed E-state index contributed by atoms with van der Waals surface area (Å²) in [7, 11) is 1.70. The van der Waals surface area contributed by atoms with Crippen molar-refractivity contribution in [1.29, 1.82) is 0 Å². The van der Waals surface area contributed by atoms with Crippen molar-refractivity contribution in [2.24, 2.45) is 0 Å². The third-order valence-corrected chi connectivity index (χ3v) is 1.84. The molecule has 66 valence electrons. The fraction of sp³-hybridized carbons (Fsp3) is 1.00. The van der Waals surface area contributed by atoms with E-state index in [2.05, 4.69) is 5.32 Å². The van der Waals surface area contributed by atoms with Gasteiger partial charge in [-0.2, -0.15) is 0 Å². The molecule has 11 heavy (non-hydrogen) atoms. The van der Waals surface area contributed by atoms with Crippen LogP contribution >= 0.6 is 0 Å². The van der Waals surface area contributed by atoms with Gasteiger partial charge in [-0.15, -0.1) is 0 Å². The molecule has 1 rings (SSSR count). The summed E-state index contributed by atoms with van der Waals surface area (Å²) in [6, 6.07) is 0. The largest absolute Gasteiger partial charge is 0.382 e. The molecule has 0 radical (unpaired) electrons. The standard InChI is InChI=1S/C8H17NO2/c1-7(6-10-2)11-8-3-4-9-5-8/h7-9H,3-6H2,1-2H3. The van der Waals surface area contributed by atoms with Gasteiger partial charge in [0.25, 0.3) is 0 Å². The molecule has 0 aromatic rings. The number of ether oxygens (including phenoxy) is 2. The Kier molecular flexibility index (Phi) is 3.83. The third-order valence-electron chi connectivity index (χ3n) is 1.84. The Morgan fingerprint density at radius 3 is 3.00 bits per heavy atom. The zero-order valence-corrected chi connectivity index (χ0v) is 7.30. The van der Waals surface area contributed by atoms with Crippen LogP contribution in [-0.2, 0) is 9.47 Å². The van der Waals surface area contributed by atoms with Gasteiger partial charge in [0.15, 0.2) is 0 Å². The first-order valence-corrected chi connectivity index (χ1v) is 4.18. The molecule has 1 N–H and O–H groups in total. The maximum atomic E-state index is 5.66. The van der Waals surface area contributed by atoms with E-state index in [-0.39, 0.29) is 6.10 Å². The van der Waals surface area contributed by atoms with Gasteiger partial charge in [0, 0.05) is 13.7 Å². The van der Waals surface area contributed by atoms with Crippen LogP contribution in [0, 0.1) is 0 Å². The summed E-state index contributed by atoms with van der Waals surface area (Å²) >= 11 is 0. The molecule has 0 spiro atoms. The van der Waals surface area contributed by atoms with Gasteiger partial charge in [0.2, 0.25) is 0 Å². The highest BCUT2D eigenvalue weighted by molar-refractivity contribution is 4.72. The minimum atomic E-state index is 0.227. The van der Waals surface area contributed by atoms with Gasteiger partial charge >= 0.3 is 0 Å². The van der Waals surface area contributed by atoms with Crippen molar-refractivity contribution < 1.29 is 9.47 Å². The lowest BCUT2D eigenvalue weighted by atomic mass is 10.3. The fourth-order valence-corrected chi connectivity index (χ4v) is 1.35. The smallest absolute Gasteiger partial charge is 0.0784 e. The average Bonchev–Trinajstić information content (AvgIpc) is 2.40. The zero-order valence-electron chi connectivity index (χ0n) is 7.30. The van der Waals surface area contributed by atoms with Crippen molar-refractivity contribution in [3.8, 4) is 0 Å². The van der Waals surface area contributed by atoms with Gasteiger partial charge < -0.3 is 14.8 Å². The van der Waals surface area contributed by atoms with Crippen LogP contribution in [0.5, 0.6) is 0 Å². The molecule has 3 nitrogen and oxygen atoms in total. The summed E-state index contributed by atoms with van der Waals surface area (Å²) in [5, 5.41) is 3.25. The number of hydrogen-bond acceptors (Lipinski definition) is 3. The van der Waals surface area contributed by atoms with Gasteiger partial charge in [-0.05, 0) is 19.9 Å². The quantitative estimate of drug-likeness (QED) is 0.644. The van der Waals surface area contributed by atoms with Crippen LogP contribution < -0.4 is 5.32 Å². The molecule has 0 amide bonds. The van der Waals surface area contributed by atoms with Crippen molar-refractivity contribution in [3.63, 3.8) is 0 Å². The molecule has 1 heterocycles. The maximum absolute atomic E-state index is 5.66. The summed E-state index contributed by atoms with van der Waals surface area (Å²) < 4.78 is 10.6. The molecule has 3 heteroatoms. The molecular weight excluding hydrogens is 142 g/mol. The molecule has 1 fully saturated rings. The summed E-state index contributed by atoms with van der Waals surface area (Å²) in [6.45, 7) is 4.82. The monoisotopic (exact) mass is 159 g/mol. The minimum absolute atomic E-state index is 0.227. The fourth-order valence-electron chi connectivity index (χ4n) is 1.35. The normalized spacial score (nSPS) is 27.3. The van der Waals surface area contributed by atoms with Gasteiger partial charge in [0.05, 0.1) is 18.8 Å². The van der Waals surface area contributed by atoms with Gasteiger partial charge in [0.1, 0.15) is 0 Å². The minimum Gasteiger partial charge on any atom is -0.382 e. The van der Waals surface area contributed by atoms with E-state index in [1.807, 2.05) is 6.92 Å². The van der Waals surface area contributed by atoms with E-state index in [1.54, 1.807) is 7.11 Å². The van der Waals surface area contributed by atoms with Crippen LogP contribution in [0.2, 0.25) is 0 Å². The second-order valence-electron chi connectivity index (χ2n) is 3.02. The molecule has 1 saturated heterocycles. The van der Waals surface area contributed by atoms with Crippen LogP contribution in [0.3, 0.4) is 0 Å². The zero-order chi connectivity index (χ0) is 8.10. The topological polar surface area (TPSA) is 30.5 Å². The highest BCUT2D eigenvalue weighted by Gasteiger charge is 2.17. The number of rotatable bonds is 4. The number of nitrogens with one attached hydrogen (secondary N) is 1. The summed E-state index contributed by atoms with van der Waals surface area (Å²) in [6.07, 6.45) is 1.76. The lowest BCUT2D eigenvalue weighted by Crippen LogP contribution is -2.25. The molecule has 0 aromatic carbocycles. The van der Waals surface area contributed by atoms with E-state index in [9.17, 15) is 0 Å². The SMILES string of the molecule is COCC(C)OC1CCNC1. The Labute approximate surface area is 68.1 Å². The molecule has 1 aliphatic rings. The number of methoxy groups -OCH3 is 1. The summed E-state index contributed by atoms with van der Waals surface area (Å²) in [5.74, 6) is 0. The Morgan fingerprint density at radius 1 is 1.64 bits per heavy atom. The van der Waals surface area contributed by atoms with Crippen LogP contribution in [0.15, 0.2) is 0 Å². The van der Waals surface area contributed by atoms with E-state index in [1.165, 1.54) is 0 Å². The van der Waals surface area contributed by atoms with E-state index in [0.29, 0.717) is 12.7 Å². The summed E-state index contributed by atoms with van der Waals surface area (Å²) in [5.41, 5.74) is 0. The van der Waals surface area contributed by atoms with Crippen LogP contribution in [0.25, 0.3) is 0 Å². The molecule has 0 aliphatic carbocycles. The molecule has 1 aliphatic heterocycles. The molecule has 2 unspecified atom stereocenters. The first-order chi connectivity index (χ1) is 5.33. The Balaban J connectivity index is 2.08. The second kappa shape index (κ2) is 4.70. The Bertz CT molecular complexity index is 102. The Morgan fingerprint density at radius 2 is 2.45 bits per heavy atom. The van der Waals surface area contributed by atoms with Crippen LogP contribution in [0.4, 0.5) is 0 Å². The van der Waals surface area contributed by atoms with Gasteiger partial charge in [-0.3, -0.25) is 0 Å². The van der Waals surface area contributed by atoms with Gasteiger partial charge in [-0.25, -0.2) is 0 Å². The first kappa shape index (κ1) is 8.97. The molecular formula is C8H17NO2. The third kappa shape index (κ3) is 3.18. The van der Waals surface area contributed by atoms with Crippen LogP contribution in [-0.4, -0.2) is 39.0 Å². The molecule has 0 saturated carbocycles. The predicted octanol–water partition coefficient (Wildman–Crippen LogP) is 0.400. The van der Waals surface area contributed by atoms with Crippen molar-refractivity contribution in [1.82, 2.24) is 5.32 Å². The highest BCUT2D eigenvalue weighted by atomic mass is 16.5. The first-order valence-electron chi connectivity index (χ1n) is 4.18. The van der Waals surface area contributed by atoms with Crippen molar-refractivity contribution in [3.05, 3.63) is 0 Å².